The maximum absolute atomic E-state index is 6.38. The quantitative estimate of drug-likeness (QED) is 0.234. The predicted octanol–water partition coefficient (Wildman–Crippen LogP) is 16.0. The number of hydrogen-bond acceptors (Lipinski definition) is 0. The fourth-order valence-electron chi connectivity index (χ4n) is 6.96. The van der Waals surface area contributed by atoms with Crippen LogP contribution in [0.25, 0.3) is 0 Å². The Balaban J connectivity index is 0.000000385. The molecule has 4 aliphatic rings. The summed E-state index contributed by atoms with van der Waals surface area (Å²) in [6, 6.07) is 0. The van der Waals surface area contributed by atoms with Gasteiger partial charge >= 0.3 is 0 Å². The van der Waals surface area contributed by atoms with Gasteiger partial charge in [-0.05, 0) is 12.8 Å². The summed E-state index contributed by atoms with van der Waals surface area (Å²) in [7, 11) is 0. The molecule has 4 saturated carbocycles. The first kappa shape index (κ1) is 43.5. The molecule has 0 saturated heterocycles. The van der Waals surface area contributed by atoms with Gasteiger partial charge in [0.15, 0.2) is 0 Å². The van der Waals surface area contributed by atoms with Gasteiger partial charge in [0.05, 0.1) is 5.41 Å². The highest BCUT2D eigenvalue weighted by Crippen LogP contribution is 2.75. The molecular formula is C30H48Cl12. The Morgan fingerprint density at radius 2 is 0.405 bits per heavy atom. The molecule has 12 heteroatoms. The number of rotatable bonds is 6. The van der Waals surface area contributed by atoms with Crippen LogP contribution in [0.2, 0.25) is 0 Å². The molecule has 0 aromatic carbocycles. The summed E-state index contributed by atoms with van der Waals surface area (Å²) in [6.45, 7) is 0. The van der Waals surface area contributed by atoms with Crippen molar-refractivity contribution in [3.8, 4) is 0 Å². The molecule has 0 amide bonds. The zero-order chi connectivity index (χ0) is 31.8. The fourth-order valence-corrected chi connectivity index (χ4v) is 13.2. The molecule has 0 spiro atoms. The molecule has 0 atom stereocenters. The third kappa shape index (κ3) is 11.3. The average molecular weight is 834 g/mol. The lowest BCUT2D eigenvalue weighted by molar-refractivity contribution is -0.0865. The second kappa shape index (κ2) is 23.0. The lowest BCUT2D eigenvalue weighted by Crippen LogP contribution is -2.71. The minimum Gasteiger partial charge on any atom is -0.105 e. The summed E-state index contributed by atoms with van der Waals surface area (Å²) >= 11 is 76.0. The van der Waals surface area contributed by atoms with Gasteiger partial charge in [0.25, 0.3) is 0 Å². The highest BCUT2D eigenvalue weighted by atomic mass is 35.6. The van der Waals surface area contributed by atoms with Crippen LogP contribution in [-0.4, -0.2) is 29.0 Å². The largest absolute Gasteiger partial charge is 0.117 e. The van der Waals surface area contributed by atoms with Crippen molar-refractivity contribution in [2.75, 3.05) is 0 Å². The summed E-state index contributed by atoms with van der Waals surface area (Å²) < 4.78 is 0. The topological polar surface area (TPSA) is 0 Å². The Morgan fingerprint density at radius 1 is 0.238 bits per heavy atom. The highest BCUT2D eigenvalue weighted by molar-refractivity contribution is 6.54. The van der Waals surface area contributed by atoms with Crippen molar-refractivity contribution in [2.24, 2.45) is 16.2 Å². The van der Waals surface area contributed by atoms with Gasteiger partial charge in [-0.2, -0.15) is 0 Å². The first-order chi connectivity index (χ1) is 19.9. The maximum atomic E-state index is 6.38. The standard InChI is InChI=1S/C12H12Cl12.3C6H12/c13-4(14)10(5(15)16)2-1-3-11(6(17)18,7(19)20)12(10,8(21)22)9(23)24;3*1-2-4-6-5-3-1/h4-9H,1-3H2;3*1-6H2. The molecule has 42 heavy (non-hydrogen) atoms. The number of alkyl halides is 12. The van der Waals surface area contributed by atoms with Crippen LogP contribution in [-0.2, 0) is 0 Å². The van der Waals surface area contributed by atoms with Gasteiger partial charge < -0.3 is 0 Å². The fraction of sp³-hybridized carbons (Fsp3) is 1.00. The van der Waals surface area contributed by atoms with E-state index in [1.807, 2.05) is 0 Å². The van der Waals surface area contributed by atoms with E-state index in [2.05, 4.69) is 0 Å². The Morgan fingerprint density at radius 3 is 0.524 bits per heavy atom. The first-order valence-electron chi connectivity index (χ1n) is 15.6. The van der Waals surface area contributed by atoms with Gasteiger partial charge in [0.2, 0.25) is 0 Å². The van der Waals surface area contributed by atoms with Crippen LogP contribution in [0.1, 0.15) is 135 Å². The molecule has 0 radical (unpaired) electrons. The van der Waals surface area contributed by atoms with Gasteiger partial charge in [0.1, 0.15) is 29.0 Å². The summed E-state index contributed by atoms with van der Waals surface area (Å²) in [5, 5.41) is 0. The Labute approximate surface area is 316 Å². The molecule has 0 heterocycles. The molecule has 0 aliphatic heterocycles. The normalized spacial score (nSPS) is 23.6. The average Bonchev–Trinajstić information content (AvgIpc) is 2.99. The summed E-state index contributed by atoms with van der Waals surface area (Å²) in [6.07, 6.45) is 28.1. The van der Waals surface area contributed by atoms with E-state index in [4.69, 9.17) is 139 Å². The molecule has 0 aromatic rings. The van der Waals surface area contributed by atoms with Crippen molar-refractivity contribution in [3.63, 3.8) is 0 Å². The Kier molecular flexibility index (Phi) is 23.8. The van der Waals surface area contributed by atoms with Crippen molar-refractivity contribution in [2.45, 2.75) is 164 Å². The van der Waals surface area contributed by atoms with E-state index < -0.39 is 45.3 Å². The maximum Gasteiger partial charge on any atom is 0.117 e. The van der Waals surface area contributed by atoms with E-state index in [-0.39, 0.29) is 0 Å². The summed E-state index contributed by atoms with van der Waals surface area (Å²) in [4.78, 5) is -7.18. The molecular weight excluding hydrogens is 786 g/mol. The van der Waals surface area contributed by atoms with Crippen molar-refractivity contribution >= 4 is 139 Å². The van der Waals surface area contributed by atoms with Crippen LogP contribution >= 0.6 is 139 Å². The van der Waals surface area contributed by atoms with Gasteiger partial charge in [-0.15, -0.1) is 139 Å². The summed E-state index contributed by atoms with van der Waals surface area (Å²) in [5.41, 5.74) is -4.34. The third-order valence-corrected chi connectivity index (χ3v) is 14.0. The highest BCUT2D eigenvalue weighted by Gasteiger charge is 2.77. The molecule has 252 valence electrons. The smallest absolute Gasteiger partial charge is 0.105 e. The molecule has 4 rings (SSSR count). The first-order valence-corrected chi connectivity index (χ1v) is 20.8. The van der Waals surface area contributed by atoms with E-state index in [0.717, 1.165) is 0 Å². The van der Waals surface area contributed by atoms with E-state index in [0.29, 0.717) is 19.3 Å². The van der Waals surface area contributed by atoms with Gasteiger partial charge in [-0.1, -0.05) is 122 Å². The van der Waals surface area contributed by atoms with Gasteiger partial charge in [0, 0.05) is 10.8 Å². The van der Waals surface area contributed by atoms with Crippen molar-refractivity contribution in [1.82, 2.24) is 0 Å². The van der Waals surface area contributed by atoms with Crippen LogP contribution in [0, 0.1) is 16.2 Å². The minimum atomic E-state index is -1.60. The second-order valence-electron chi connectivity index (χ2n) is 12.0. The van der Waals surface area contributed by atoms with E-state index in [1.54, 1.807) is 0 Å². The summed E-state index contributed by atoms with van der Waals surface area (Å²) in [5.74, 6) is 0. The lowest BCUT2D eigenvalue weighted by Gasteiger charge is -2.66. The molecule has 0 nitrogen and oxygen atoms in total. The Hall–Kier alpha value is 3.48. The molecule has 0 aromatic heterocycles. The van der Waals surface area contributed by atoms with Crippen molar-refractivity contribution < 1.29 is 0 Å². The monoisotopic (exact) mass is 828 g/mol. The van der Waals surface area contributed by atoms with E-state index >= 15 is 0 Å². The zero-order valence-electron chi connectivity index (χ0n) is 24.3. The van der Waals surface area contributed by atoms with Crippen molar-refractivity contribution in [3.05, 3.63) is 0 Å². The number of hydrogen-bond donors (Lipinski definition) is 0. The molecule has 0 unspecified atom stereocenters. The predicted molar refractivity (Wildman–Crippen MR) is 197 cm³/mol. The number of halogens is 12. The minimum absolute atomic E-state index is 0.316. The van der Waals surface area contributed by atoms with Crippen LogP contribution < -0.4 is 0 Å². The SMILES string of the molecule is C1CCCCC1.C1CCCCC1.C1CCCCC1.ClC(Cl)C1(C(Cl)Cl)CCCC(C(Cl)Cl)(C(Cl)Cl)C1(C(Cl)Cl)C(Cl)Cl. The van der Waals surface area contributed by atoms with Gasteiger partial charge in [-0.3, -0.25) is 0 Å². The van der Waals surface area contributed by atoms with Gasteiger partial charge in [-0.25, -0.2) is 0 Å². The third-order valence-electron chi connectivity index (χ3n) is 9.47. The van der Waals surface area contributed by atoms with Crippen LogP contribution in [0.3, 0.4) is 0 Å². The molecule has 4 aliphatic carbocycles. The molecule has 0 bridgehead atoms. The van der Waals surface area contributed by atoms with Crippen molar-refractivity contribution in [1.29, 1.82) is 0 Å². The molecule has 0 N–H and O–H groups in total. The lowest BCUT2D eigenvalue weighted by atomic mass is 9.47. The van der Waals surface area contributed by atoms with Crippen LogP contribution in [0.5, 0.6) is 0 Å². The Bertz CT molecular complexity index is 554. The van der Waals surface area contributed by atoms with Crippen LogP contribution in [0.15, 0.2) is 0 Å². The second-order valence-corrected chi connectivity index (χ2v) is 18.5. The van der Waals surface area contributed by atoms with E-state index in [1.165, 1.54) is 116 Å². The zero-order valence-corrected chi connectivity index (χ0v) is 33.4. The molecule has 4 fully saturated rings. The van der Waals surface area contributed by atoms with E-state index in [9.17, 15) is 0 Å². The van der Waals surface area contributed by atoms with Crippen LogP contribution in [0.4, 0.5) is 0 Å².